The summed E-state index contributed by atoms with van der Waals surface area (Å²) in [4.78, 5) is 23.3. The number of hydrogen-bond acceptors (Lipinski definition) is 6. The number of ether oxygens (including phenoxy) is 2. The number of piperidine rings is 1. The molecule has 0 bridgehead atoms. The third-order valence-corrected chi connectivity index (χ3v) is 4.65. The van der Waals surface area contributed by atoms with Gasteiger partial charge in [0.1, 0.15) is 5.75 Å². The summed E-state index contributed by atoms with van der Waals surface area (Å²) in [6.07, 6.45) is 3.26. The van der Waals surface area contributed by atoms with Gasteiger partial charge in [-0.1, -0.05) is 12.1 Å². The van der Waals surface area contributed by atoms with Crippen molar-refractivity contribution in [2.45, 2.75) is 26.3 Å². The predicted octanol–water partition coefficient (Wildman–Crippen LogP) is 2.42. The van der Waals surface area contributed by atoms with Gasteiger partial charge in [0.2, 0.25) is 17.7 Å². The Bertz CT molecular complexity index is 760. The van der Waals surface area contributed by atoms with Crippen molar-refractivity contribution < 1.29 is 14.3 Å². The molecule has 1 aromatic carbocycles. The molecule has 0 radical (unpaired) electrons. The van der Waals surface area contributed by atoms with Crippen molar-refractivity contribution in [3.8, 4) is 11.6 Å². The Balaban J connectivity index is 1.49. The van der Waals surface area contributed by atoms with Gasteiger partial charge in [-0.15, -0.1) is 0 Å². The van der Waals surface area contributed by atoms with E-state index in [0.29, 0.717) is 25.0 Å². The first-order valence-corrected chi connectivity index (χ1v) is 9.31. The largest absolute Gasteiger partial charge is 0.494 e. The summed E-state index contributed by atoms with van der Waals surface area (Å²) < 4.78 is 10.7. The second kappa shape index (κ2) is 9.21. The molecular weight excluding hydrogens is 344 g/mol. The van der Waals surface area contributed by atoms with E-state index in [0.717, 1.165) is 37.2 Å². The molecule has 0 spiro atoms. The van der Waals surface area contributed by atoms with Crippen LogP contribution < -0.4 is 19.7 Å². The molecule has 1 N–H and O–H groups in total. The molecule has 3 rings (SSSR count). The Hall–Kier alpha value is -2.83. The summed E-state index contributed by atoms with van der Waals surface area (Å²) >= 11 is 0. The van der Waals surface area contributed by atoms with Crippen LogP contribution in [0.3, 0.4) is 0 Å². The number of benzene rings is 1. The fraction of sp³-hybridized carbons (Fsp3) is 0.450. The van der Waals surface area contributed by atoms with Crippen LogP contribution in [0.1, 0.15) is 25.3 Å². The van der Waals surface area contributed by atoms with Crippen LogP contribution >= 0.6 is 0 Å². The lowest BCUT2D eigenvalue weighted by Crippen LogP contribution is -2.41. The third-order valence-electron chi connectivity index (χ3n) is 4.65. The van der Waals surface area contributed by atoms with Gasteiger partial charge in [0, 0.05) is 37.8 Å². The average molecular weight is 370 g/mol. The van der Waals surface area contributed by atoms with Gasteiger partial charge in [-0.2, -0.15) is 4.98 Å². The minimum Gasteiger partial charge on any atom is -0.494 e. The molecule has 7 nitrogen and oxygen atoms in total. The third kappa shape index (κ3) is 5.09. The second-order valence-corrected chi connectivity index (χ2v) is 6.46. The molecule has 144 valence electrons. The monoisotopic (exact) mass is 370 g/mol. The van der Waals surface area contributed by atoms with Gasteiger partial charge in [-0.25, -0.2) is 4.98 Å². The lowest BCUT2D eigenvalue weighted by Gasteiger charge is -2.31. The fourth-order valence-corrected chi connectivity index (χ4v) is 3.19. The van der Waals surface area contributed by atoms with E-state index in [-0.39, 0.29) is 11.8 Å². The van der Waals surface area contributed by atoms with Crippen molar-refractivity contribution in [2.24, 2.45) is 5.92 Å². The van der Waals surface area contributed by atoms with Crippen LogP contribution in [0.25, 0.3) is 0 Å². The maximum Gasteiger partial charge on any atom is 0.228 e. The second-order valence-electron chi connectivity index (χ2n) is 6.46. The maximum absolute atomic E-state index is 12.5. The Morgan fingerprint density at radius 1 is 1.30 bits per heavy atom. The number of amides is 1. The van der Waals surface area contributed by atoms with Gasteiger partial charge in [-0.05, 0) is 37.5 Å². The topological polar surface area (TPSA) is 76.6 Å². The molecule has 1 amide bonds. The molecule has 1 saturated heterocycles. The van der Waals surface area contributed by atoms with E-state index in [1.165, 1.54) is 0 Å². The summed E-state index contributed by atoms with van der Waals surface area (Å²) in [7, 11) is 1.59. The number of aromatic nitrogens is 2. The summed E-state index contributed by atoms with van der Waals surface area (Å²) in [5.74, 6) is 2.15. The Kier molecular flexibility index (Phi) is 6.46. The summed E-state index contributed by atoms with van der Waals surface area (Å²) in [6, 6.07) is 9.55. The highest BCUT2D eigenvalue weighted by atomic mass is 16.5. The average Bonchev–Trinajstić information content (AvgIpc) is 2.73. The SMILES string of the molecule is CCOc1cccc(CNC(=O)C2CCN(c3nccc(OC)n3)CC2)c1. The van der Waals surface area contributed by atoms with E-state index >= 15 is 0 Å². The molecule has 0 saturated carbocycles. The molecule has 0 unspecified atom stereocenters. The Morgan fingerprint density at radius 3 is 2.85 bits per heavy atom. The molecule has 27 heavy (non-hydrogen) atoms. The first-order valence-electron chi connectivity index (χ1n) is 9.31. The maximum atomic E-state index is 12.5. The van der Waals surface area contributed by atoms with Crippen LogP contribution in [0.5, 0.6) is 11.6 Å². The molecule has 2 aromatic rings. The van der Waals surface area contributed by atoms with Crippen molar-refractivity contribution in [2.75, 3.05) is 31.7 Å². The van der Waals surface area contributed by atoms with Gasteiger partial charge < -0.3 is 19.7 Å². The van der Waals surface area contributed by atoms with Crippen molar-refractivity contribution >= 4 is 11.9 Å². The Morgan fingerprint density at radius 2 is 2.11 bits per heavy atom. The van der Waals surface area contributed by atoms with E-state index < -0.39 is 0 Å². The van der Waals surface area contributed by atoms with Crippen LogP contribution in [0.4, 0.5) is 5.95 Å². The van der Waals surface area contributed by atoms with Gasteiger partial charge in [0.25, 0.3) is 0 Å². The summed E-state index contributed by atoms with van der Waals surface area (Å²) in [5.41, 5.74) is 1.04. The summed E-state index contributed by atoms with van der Waals surface area (Å²) in [5, 5.41) is 3.05. The minimum atomic E-state index is 0.0157. The molecule has 2 heterocycles. The van der Waals surface area contributed by atoms with Crippen molar-refractivity contribution in [3.05, 3.63) is 42.1 Å². The fourth-order valence-electron chi connectivity index (χ4n) is 3.19. The van der Waals surface area contributed by atoms with E-state index in [1.54, 1.807) is 19.4 Å². The van der Waals surface area contributed by atoms with Crippen LogP contribution in [-0.2, 0) is 11.3 Å². The molecule has 0 aliphatic carbocycles. The van der Waals surface area contributed by atoms with Crippen LogP contribution in [0, 0.1) is 5.92 Å². The standard InChI is InChI=1S/C20H26N4O3/c1-3-27-17-6-4-5-15(13-17)14-22-19(25)16-8-11-24(12-9-16)20-21-10-7-18(23-20)26-2/h4-7,10,13,16H,3,8-9,11-12,14H2,1-2H3,(H,22,25). The molecule has 7 heteroatoms. The number of rotatable bonds is 7. The molecule has 1 aliphatic heterocycles. The van der Waals surface area contributed by atoms with Gasteiger partial charge in [0.05, 0.1) is 13.7 Å². The van der Waals surface area contributed by atoms with Crippen molar-refractivity contribution in [1.82, 2.24) is 15.3 Å². The van der Waals surface area contributed by atoms with E-state index in [1.807, 2.05) is 31.2 Å². The molecular formula is C20H26N4O3. The number of nitrogens with zero attached hydrogens (tertiary/aromatic N) is 3. The molecule has 0 atom stereocenters. The number of methoxy groups -OCH3 is 1. The summed E-state index contributed by atoms with van der Waals surface area (Å²) in [6.45, 7) is 4.61. The highest BCUT2D eigenvalue weighted by molar-refractivity contribution is 5.79. The zero-order valence-corrected chi connectivity index (χ0v) is 15.9. The van der Waals surface area contributed by atoms with Gasteiger partial charge in [-0.3, -0.25) is 4.79 Å². The van der Waals surface area contributed by atoms with Gasteiger partial charge >= 0.3 is 0 Å². The predicted molar refractivity (Wildman–Crippen MR) is 103 cm³/mol. The van der Waals surface area contributed by atoms with Crippen molar-refractivity contribution in [3.63, 3.8) is 0 Å². The van der Waals surface area contributed by atoms with Crippen LogP contribution in [0.2, 0.25) is 0 Å². The number of carbonyl (C=O) groups is 1. The Labute approximate surface area is 159 Å². The normalized spacial score (nSPS) is 14.7. The van der Waals surface area contributed by atoms with E-state index in [2.05, 4.69) is 20.2 Å². The first-order chi connectivity index (χ1) is 13.2. The lowest BCUT2D eigenvalue weighted by molar-refractivity contribution is -0.125. The first kappa shape index (κ1) is 18.9. The quantitative estimate of drug-likeness (QED) is 0.807. The molecule has 1 fully saturated rings. The smallest absolute Gasteiger partial charge is 0.228 e. The number of hydrogen-bond donors (Lipinski definition) is 1. The highest BCUT2D eigenvalue weighted by Gasteiger charge is 2.26. The number of nitrogens with one attached hydrogen (secondary N) is 1. The van der Waals surface area contributed by atoms with Crippen LogP contribution in [-0.4, -0.2) is 42.7 Å². The number of anilines is 1. The molecule has 1 aromatic heterocycles. The molecule has 1 aliphatic rings. The number of carbonyl (C=O) groups excluding carboxylic acids is 1. The highest BCUT2D eigenvalue weighted by Crippen LogP contribution is 2.22. The van der Waals surface area contributed by atoms with Crippen molar-refractivity contribution in [1.29, 1.82) is 0 Å². The zero-order chi connectivity index (χ0) is 19.1. The zero-order valence-electron chi connectivity index (χ0n) is 15.9. The van der Waals surface area contributed by atoms with Crippen LogP contribution in [0.15, 0.2) is 36.5 Å². The van der Waals surface area contributed by atoms with Gasteiger partial charge in [0.15, 0.2) is 0 Å². The minimum absolute atomic E-state index is 0.0157. The van der Waals surface area contributed by atoms with E-state index in [4.69, 9.17) is 9.47 Å². The van der Waals surface area contributed by atoms with E-state index in [9.17, 15) is 4.79 Å². The lowest BCUT2D eigenvalue weighted by atomic mass is 9.96.